The van der Waals surface area contributed by atoms with Crippen molar-refractivity contribution in [2.24, 2.45) is 10.2 Å². The molecule has 0 radical (unpaired) electrons. The Hall–Kier alpha value is -2.86. The maximum Gasteiger partial charge on any atom is 0.377 e. The number of rotatable bonds is 7. The van der Waals surface area contributed by atoms with Gasteiger partial charge in [-0.1, -0.05) is 29.8 Å². The number of Topliss-reactive ketones (excluding diaryl/α,β-unsaturated/α-hetero) is 2. The van der Waals surface area contributed by atoms with Gasteiger partial charge in [0.1, 0.15) is 0 Å². The summed E-state index contributed by atoms with van der Waals surface area (Å²) in [6.45, 7) is 1.58. The van der Waals surface area contributed by atoms with E-state index in [1.165, 1.54) is 24.3 Å². The lowest BCUT2D eigenvalue weighted by molar-refractivity contribution is -0.153. The van der Waals surface area contributed by atoms with Gasteiger partial charge in [0.25, 0.3) is 5.78 Å². The number of carbonyl (C=O) groups is 3. The third-order valence-electron chi connectivity index (χ3n) is 3.15. The van der Waals surface area contributed by atoms with Gasteiger partial charge in [0.05, 0.1) is 12.3 Å². The molecule has 0 spiro atoms. The number of azo groups is 1. The average molecular weight is 359 g/mol. The molecule has 6 nitrogen and oxygen atoms in total. The van der Waals surface area contributed by atoms with E-state index in [1.54, 1.807) is 37.3 Å². The van der Waals surface area contributed by atoms with Crippen LogP contribution < -0.4 is 0 Å². The molecule has 128 valence electrons. The minimum atomic E-state index is -1.61. The number of hydrogen-bond acceptors (Lipinski definition) is 6. The first-order valence-electron chi connectivity index (χ1n) is 7.49. The summed E-state index contributed by atoms with van der Waals surface area (Å²) in [4.78, 5) is 36.6. The van der Waals surface area contributed by atoms with Crippen molar-refractivity contribution in [3.63, 3.8) is 0 Å². The number of hydrogen-bond donors (Lipinski definition) is 0. The Morgan fingerprint density at radius 2 is 1.68 bits per heavy atom. The van der Waals surface area contributed by atoms with Gasteiger partial charge in [-0.25, -0.2) is 4.79 Å². The maximum absolute atomic E-state index is 12.6. The molecule has 25 heavy (non-hydrogen) atoms. The Labute approximate surface area is 149 Å². The van der Waals surface area contributed by atoms with Crippen molar-refractivity contribution in [3.8, 4) is 0 Å². The standard InChI is InChI=1S/C18H15ClN2O4/c1-2-25-18(24)17(23)15(21-20-14-6-4-3-5-7-14)16(22)12-8-10-13(19)11-9-12/h3-11,15H,2H2,1H3. The quantitative estimate of drug-likeness (QED) is 0.247. The second kappa shape index (κ2) is 8.84. The monoisotopic (exact) mass is 358 g/mol. The van der Waals surface area contributed by atoms with Gasteiger partial charge in [-0.2, -0.15) is 10.2 Å². The molecule has 0 aromatic heterocycles. The third-order valence-corrected chi connectivity index (χ3v) is 3.40. The number of benzene rings is 2. The van der Waals surface area contributed by atoms with Gasteiger partial charge in [-0.05, 0) is 43.3 Å². The van der Waals surface area contributed by atoms with Crippen LogP contribution in [0.5, 0.6) is 0 Å². The lowest BCUT2D eigenvalue weighted by Crippen LogP contribution is -2.35. The first-order valence-corrected chi connectivity index (χ1v) is 7.87. The number of ether oxygens (including phenoxy) is 1. The molecule has 2 aromatic rings. The Kier molecular flexibility index (Phi) is 6.54. The molecule has 0 fully saturated rings. The van der Waals surface area contributed by atoms with Gasteiger partial charge in [-0.15, -0.1) is 0 Å². The fraction of sp³-hybridized carbons (Fsp3) is 0.167. The van der Waals surface area contributed by atoms with E-state index < -0.39 is 23.6 Å². The summed E-state index contributed by atoms with van der Waals surface area (Å²) in [6, 6.07) is 12.9. The first-order chi connectivity index (χ1) is 12.0. The number of nitrogens with zero attached hydrogens (tertiary/aromatic N) is 2. The molecular weight excluding hydrogens is 344 g/mol. The summed E-state index contributed by atoms with van der Waals surface area (Å²) in [5, 5.41) is 8.11. The van der Waals surface area contributed by atoms with E-state index in [0.29, 0.717) is 10.7 Å². The van der Waals surface area contributed by atoms with E-state index in [4.69, 9.17) is 11.6 Å². The Morgan fingerprint density at radius 3 is 2.28 bits per heavy atom. The number of ketones is 2. The molecule has 0 aliphatic rings. The van der Waals surface area contributed by atoms with Crippen molar-refractivity contribution in [3.05, 3.63) is 65.2 Å². The van der Waals surface area contributed by atoms with Crippen LogP contribution in [-0.4, -0.2) is 30.2 Å². The van der Waals surface area contributed by atoms with Crippen LogP contribution in [0.2, 0.25) is 5.02 Å². The van der Waals surface area contributed by atoms with Crippen LogP contribution in [-0.2, 0) is 14.3 Å². The molecular formula is C18H15ClN2O4. The lowest BCUT2D eigenvalue weighted by Gasteiger charge is -2.09. The van der Waals surface area contributed by atoms with Crippen molar-refractivity contribution >= 4 is 34.8 Å². The summed E-state index contributed by atoms with van der Waals surface area (Å²) in [7, 11) is 0. The Morgan fingerprint density at radius 1 is 1.04 bits per heavy atom. The lowest BCUT2D eigenvalue weighted by atomic mass is 10.0. The van der Waals surface area contributed by atoms with Crippen LogP contribution in [0, 0.1) is 0 Å². The fourth-order valence-corrected chi connectivity index (χ4v) is 2.05. The molecule has 0 amide bonds. The smallest absolute Gasteiger partial charge is 0.377 e. The van der Waals surface area contributed by atoms with E-state index in [2.05, 4.69) is 15.0 Å². The summed E-state index contributed by atoms with van der Waals surface area (Å²) >= 11 is 5.80. The molecule has 1 atom stereocenters. The summed E-state index contributed by atoms with van der Waals surface area (Å²) in [5.41, 5.74) is 0.645. The zero-order valence-corrected chi connectivity index (χ0v) is 14.1. The zero-order valence-electron chi connectivity index (χ0n) is 13.4. The predicted molar refractivity (Wildman–Crippen MR) is 92.2 cm³/mol. The van der Waals surface area contributed by atoms with E-state index in [0.717, 1.165) is 0 Å². The van der Waals surface area contributed by atoms with Gasteiger partial charge in [0, 0.05) is 10.6 Å². The molecule has 2 aromatic carbocycles. The topological polar surface area (TPSA) is 85.2 Å². The highest BCUT2D eigenvalue weighted by atomic mass is 35.5. The highest BCUT2D eigenvalue weighted by molar-refractivity contribution is 6.41. The summed E-state index contributed by atoms with van der Waals surface area (Å²) in [6.07, 6.45) is 0. The SMILES string of the molecule is CCOC(=O)C(=O)C(N=Nc1ccccc1)C(=O)c1ccc(Cl)cc1. The largest absolute Gasteiger partial charge is 0.460 e. The molecule has 0 bridgehead atoms. The van der Waals surface area contributed by atoms with Gasteiger partial charge < -0.3 is 4.74 Å². The van der Waals surface area contributed by atoms with Crippen LogP contribution >= 0.6 is 11.6 Å². The van der Waals surface area contributed by atoms with Crippen LogP contribution in [0.3, 0.4) is 0 Å². The van der Waals surface area contributed by atoms with E-state index in [1.807, 2.05) is 0 Å². The predicted octanol–water partition coefficient (Wildman–Crippen LogP) is 3.81. The summed E-state index contributed by atoms with van der Waals surface area (Å²) in [5.74, 6) is -2.85. The molecule has 1 unspecified atom stereocenters. The second-order valence-corrected chi connectivity index (χ2v) is 5.35. The fourth-order valence-electron chi connectivity index (χ4n) is 1.93. The maximum atomic E-state index is 12.6. The van der Waals surface area contributed by atoms with Crippen molar-refractivity contribution in [1.29, 1.82) is 0 Å². The average Bonchev–Trinajstić information content (AvgIpc) is 2.63. The molecule has 2 rings (SSSR count). The van der Waals surface area contributed by atoms with Gasteiger partial charge in [-0.3, -0.25) is 9.59 Å². The zero-order chi connectivity index (χ0) is 18.2. The van der Waals surface area contributed by atoms with Crippen molar-refractivity contribution in [1.82, 2.24) is 0 Å². The van der Waals surface area contributed by atoms with Gasteiger partial charge in [0.15, 0.2) is 5.78 Å². The van der Waals surface area contributed by atoms with Crippen molar-refractivity contribution in [2.75, 3.05) is 6.61 Å². The minimum absolute atomic E-state index is 0.0161. The molecule has 0 saturated carbocycles. The van der Waals surface area contributed by atoms with Crippen molar-refractivity contribution < 1.29 is 19.1 Å². The molecule has 0 aliphatic heterocycles. The third kappa shape index (κ3) is 5.06. The van der Waals surface area contributed by atoms with E-state index in [-0.39, 0.29) is 12.2 Å². The Balaban J connectivity index is 2.32. The molecule has 0 aliphatic carbocycles. The van der Waals surface area contributed by atoms with Crippen LogP contribution in [0.25, 0.3) is 0 Å². The van der Waals surface area contributed by atoms with E-state index >= 15 is 0 Å². The highest BCUT2D eigenvalue weighted by Gasteiger charge is 2.33. The van der Waals surface area contributed by atoms with Crippen LogP contribution in [0.1, 0.15) is 17.3 Å². The molecule has 0 N–H and O–H groups in total. The van der Waals surface area contributed by atoms with Crippen LogP contribution in [0.15, 0.2) is 64.8 Å². The highest BCUT2D eigenvalue weighted by Crippen LogP contribution is 2.16. The van der Waals surface area contributed by atoms with Crippen LogP contribution in [0.4, 0.5) is 5.69 Å². The molecule has 0 heterocycles. The molecule has 0 saturated heterocycles. The minimum Gasteiger partial charge on any atom is -0.460 e. The Bertz CT molecular complexity index is 788. The van der Waals surface area contributed by atoms with Gasteiger partial charge in [0.2, 0.25) is 6.04 Å². The van der Waals surface area contributed by atoms with Crippen molar-refractivity contribution in [2.45, 2.75) is 13.0 Å². The first kappa shape index (κ1) is 18.5. The van der Waals surface area contributed by atoms with Gasteiger partial charge >= 0.3 is 5.97 Å². The summed E-state index contributed by atoms with van der Waals surface area (Å²) < 4.78 is 4.68. The second-order valence-electron chi connectivity index (χ2n) is 4.91. The number of halogens is 1. The number of esters is 1. The number of carbonyl (C=O) groups excluding carboxylic acids is 3. The van der Waals surface area contributed by atoms with E-state index in [9.17, 15) is 14.4 Å². The molecule has 7 heteroatoms. The normalized spacial score (nSPS) is 11.9.